The Balaban J connectivity index is 2.55. The number of aromatic nitrogens is 1. The van der Waals surface area contributed by atoms with E-state index in [0.29, 0.717) is 5.92 Å². The summed E-state index contributed by atoms with van der Waals surface area (Å²) in [5, 5.41) is 0. The monoisotopic (exact) mass is 171 g/mol. The van der Waals surface area contributed by atoms with E-state index in [-0.39, 0.29) is 0 Å². The molecule has 0 N–H and O–H groups in total. The van der Waals surface area contributed by atoms with Gasteiger partial charge in [0.15, 0.2) is 0 Å². The van der Waals surface area contributed by atoms with Gasteiger partial charge >= 0.3 is 0 Å². The molecule has 13 heavy (non-hydrogen) atoms. The fourth-order valence-electron chi connectivity index (χ4n) is 1.00. The van der Waals surface area contributed by atoms with E-state index in [4.69, 9.17) is 6.42 Å². The van der Waals surface area contributed by atoms with Gasteiger partial charge < -0.3 is 0 Å². The van der Waals surface area contributed by atoms with E-state index in [9.17, 15) is 0 Å². The lowest BCUT2D eigenvalue weighted by atomic mass is 10.1. The van der Waals surface area contributed by atoms with Gasteiger partial charge in [0.1, 0.15) is 0 Å². The first-order valence-corrected chi connectivity index (χ1v) is 4.34. The highest BCUT2D eigenvalue weighted by atomic mass is 14.6. The molecule has 0 aliphatic carbocycles. The van der Waals surface area contributed by atoms with Crippen molar-refractivity contribution < 1.29 is 0 Å². The second-order valence-corrected chi connectivity index (χ2v) is 3.03. The zero-order valence-electron chi connectivity index (χ0n) is 7.77. The predicted molar refractivity (Wildman–Crippen MR) is 55.9 cm³/mol. The topological polar surface area (TPSA) is 12.9 Å². The van der Waals surface area contributed by atoms with E-state index in [1.54, 1.807) is 6.20 Å². The summed E-state index contributed by atoms with van der Waals surface area (Å²) in [5.74, 6) is 3.07. The van der Waals surface area contributed by atoms with Crippen molar-refractivity contribution >= 4 is 6.08 Å². The molecule has 0 aliphatic heterocycles. The minimum Gasteiger partial charge on any atom is -0.264 e. The number of nitrogens with zero attached hydrogens (tertiary/aromatic N) is 1. The van der Waals surface area contributed by atoms with Crippen LogP contribution in [0.15, 0.2) is 30.6 Å². The molecule has 1 heterocycles. The highest BCUT2D eigenvalue weighted by Crippen LogP contribution is 2.06. The highest BCUT2D eigenvalue weighted by molar-refractivity contribution is 5.47. The van der Waals surface area contributed by atoms with Gasteiger partial charge in [-0.2, -0.15) is 0 Å². The number of hydrogen-bond acceptors (Lipinski definition) is 1. The third kappa shape index (κ3) is 3.57. The first-order chi connectivity index (χ1) is 6.33. The molecule has 1 heteroatoms. The maximum atomic E-state index is 5.20. The summed E-state index contributed by atoms with van der Waals surface area (Å²) in [6.07, 6.45) is 13.7. The second kappa shape index (κ2) is 5.16. The number of allylic oxidation sites excluding steroid dienone is 1. The van der Waals surface area contributed by atoms with Crippen molar-refractivity contribution in [2.24, 2.45) is 5.92 Å². The van der Waals surface area contributed by atoms with E-state index in [1.807, 2.05) is 18.3 Å². The van der Waals surface area contributed by atoms with Gasteiger partial charge in [-0.25, -0.2) is 0 Å². The Labute approximate surface area is 79.5 Å². The first-order valence-electron chi connectivity index (χ1n) is 4.34. The Morgan fingerprint density at radius 3 is 3.15 bits per heavy atom. The van der Waals surface area contributed by atoms with E-state index in [1.165, 1.54) is 0 Å². The van der Waals surface area contributed by atoms with Crippen LogP contribution in [0.4, 0.5) is 0 Å². The molecule has 0 amide bonds. The Kier molecular flexibility index (Phi) is 3.78. The highest BCUT2D eigenvalue weighted by Gasteiger charge is 1.92. The van der Waals surface area contributed by atoms with Crippen LogP contribution in [0.1, 0.15) is 18.9 Å². The predicted octanol–water partition coefficient (Wildman–Crippen LogP) is 2.75. The number of pyridine rings is 1. The lowest BCUT2D eigenvalue weighted by Crippen LogP contribution is -1.85. The molecule has 0 aliphatic rings. The van der Waals surface area contributed by atoms with Crippen LogP contribution in [0.2, 0.25) is 0 Å². The van der Waals surface area contributed by atoms with Gasteiger partial charge in [-0.1, -0.05) is 25.1 Å². The van der Waals surface area contributed by atoms with Gasteiger partial charge in [-0.15, -0.1) is 12.3 Å². The van der Waals surface area contributed by atoms with Crippen molar-refractivity contribution in [3.05, 3.63) is 36.2 Å². The lowest BCUT2D eigenvalue weighted by Gasteiger charge is -1.98. The molecule has 0 saturated carbocycles. The van der Waals surface area contributed by atoms with Crippen LogP contribution in [0, 0.1) is 18.3 Å². The normalized spacial score (nSPS) is 12.6. The average Bonchev–Trinajstić information content (AvgIpc) is 2.17. The van der Waals surface area contributed by atoms with Crippen LogP contribution in [-0.4, -0.2) is 4.98 Å². The number of terminal acetylenes is 1. The van der Waals surface area contributed by atoms with Crippen molar-refractivity contribution in [3.63, 3.8) is 0 Å². The molecule has 1 nitrogen and oxygen atoms in total. The maximum Gasteiger partial charge on any atom is 0.0340 e. The minimum absolute atomic E-state index is 0.435. The van der Waals surface area contributed by atoms with Crippen LogP contribution >= 0.6 is 0 Å². The Hall–Kier alpha value is -1.55. The van der Waals surface area contributed by atoms with E-state index in [0.717, 1.165) is 12.0 Å². The molecule has 0 radical (unpaired) electrons. The molecular formula is C12H13N. The summed E-state index contributed by atoms with van der Waals surface area (Å²) < 4.78 is 0. The van der Waals surface area contributed by atoms with Gasteiger partial charge in [0.25, 0.3) is 0 Å². The summed E-state index contributed by atoms with van der Waals surface area (Å²) >= 11 is 0. The summed E-state index contributed by atoms with van der Waals surface area (Å²) in [4.78, 5) is 4.02. The van der Waals surface area contributed by atoms with Crippen molar-refractivity contribution in [3.8, 4) is 12.3 Å². The van der Waals surface area contributed by atoms with Crippen molar-refractivity contribution in [2.75, 3.05) is 0 Å². The molecule has 0 fully saturated rings. The van der Waals surface area contributed by atoms with E-state index < -0.39 is 0 Å². The molecule has 1 rings (SSSR count). The molecule has 0 saturated heterocycles. The minimum atomic E-state index is 0.435. The average molecular weight is 171 g/mol. The number of hydrogen-bond donors (Lipinski definition) is 0. The summed E-state index contributed by atoms with van der Waals surface area (Å²) in [5.41, 5.74) is 1.12. The van der Waals surface area contributed by atoms with Crippen LogP contribution in [-0.2, 0) is 0 Å². The largest absolute Gasteiger partial charge is 0.264 e. The smallest absolute Gasteiger partial charge is 0.0340 e. The fourth-order valence-corrected chi connectivity index (χ4v) is 1.00. The first kappa shape index (κ1) is 9.54. The summed E-state index contributed by atoms with van der Waals surface area (Å²) in [6.45, 7) is 2.10. The van der Waals surface area contributed by atoms with Gasteiger partial charge in [0.05, 0.1) is 0 Å². The molecule has 0 bridgehead atoms. The van der Waals surface area contributed by atoms with Crippen molar-refractivity contribution in [1.29, 1.82) is 0 Å². The lowest BCUT2D eigenvalue weighted by molar-refractivity contribution is 0.763. The van der Waals surface area contributed by atoms with Gasteiger partial charge in [0, 0.05) is 18.8 Å². The maximum absolute atomic E-state index is 5.20. The Bertz CT molecular complexity index is 306. The quantitative estimate of drug-likeness (QED) is 0.637. The van der Waals surface area contributed by atoms with Gasteiger partial charge in [-0.05, 0) is 17.5 Å². The molecule has 66 valence electrons. The van der Waals surface area contributed by atoms with E-state index >= 15 is 0 Å². The van der Waals surface area contributed by atoms with Crippen LogP contribution in [0.25, 0.3) is 6.08 Å². The molecular weight excluding hydrogens is 158 g/mol. The molecule has 1 unspecified atom stereocenters. The number of rotatable bonds is 3. The molecule has 1 aromatic heterocycles. The van der Waals surface area contributed by atoms with Crippen molar-refractivity contribution in [2.45, 2.75) is 13.3 Å². The van der Waals surface area contributed by atoms with Crippen molar-refractivity contribution in [1.82, 2.24) is 4.98 Å². The zero-order valence-corrected chi connectivity index (χ0v) is 7.77. The summed E-state index contributed by atoms with van der Waals surface area (Å²) in [6, 6.07) is 3.94. The van der Waals surface area contributed by atoms with Crippen LogP contribution < -0.4 is 0 Å². The molecule has 1 atom stereocenters. The molecule has 0 aromatic carbocycles. The second-order valence-electron chi connectivity index (χ2n) is 3.03. The zero-order chi connectivity index (χ0) is 9.52. The third-order valence-electron chi connectivity index (χ3n) is 1.74. The molecule has 0 spiro atoms. The third-order valence-corrected chi connectivity index (χ3v) is 1.74. The van der Waals surface area contributed by atoms with E-state index in [2.05, 4.69) is 30.0 Å². The van der Waals surface area contributed by atoms with Crippen LogP contribution in [0.3, 0.4) is 0 Å². The SMILES string of the molecule is C#CCC(C)/C=C/c1cccnc1. The summed E-state index contributed by atoms with van der Waals surface area (Å²) in [7, 11) is 0. The Morgan fingerprint density at radius 1 is 1.69 bits per heavy atom. The van der Waals surface area contributed by atoms with Gasteiger partial charge in [0.2, 0.25) is 0 Å². The Morgan fingerprint density at radius 2 is 2.54 bits per heavy atom. The fraction of sp³-hybridized carbons (Fsp3) is 0.250. The molecule has 1 aromatic rings. The standard InChI is InChI=1S/C12H13N/c1-3-5-11(2)7-8-12-6-4-9-13-10-12/h1,4,6-11H,5H2,2H3/b8-7+. The van der Waals surface area contributed by atoms with Gasteiger partial charge in [-0.3, -0.25) is 4.98 Å². The van der Waals surface area contributed by atoms with Crippen LogP contribution in [0.5, 0.6) is 0 Å².